The summed E-state index contributed by atoms with van der Waals surface area (Å²) >= 11 is 0. The Hall–Kier alpha value is -0.0800. The Balaban J connectivity index is 1.66. The lowest BCUT2D eigenvalue weighted by atomic mass is 9.81. The third-order valence-electron chi connectivity index (χ3n) is 4.90. The highest BCUT2D eigenvalue weighted by Gasteiger charge is 2.22. The second kappa shape index (κ2) is 7.49. The van der Waals surface area contributed by atoms with Crippen molar-refractivity contribution in [2.24, 2.45) is 11.8 Å². The highest BCUT2D eigenvalue weighted by atomic mass is 15.2. The molecule has 3 atom stereocenters. The van der Waals surface area contributed by atoms with Crippen LogP contribution in [0.25, 0.3) is 0 Å². The van der Waals surface area contributed by atoms with Crippen LogP contribution in [-0.2, 0) is 0 Å². The molecule has 1 saturated carbocycles. The molecule has 3 unspecified atom stereocenters. The first-order valence-corrected chi connectivity index (χ1v) is 8.23. The van der Waals surface area contributed by atoms with Gasteiger partial charge in [-0.1, -0.05) is 33.1 Å². The van der Waals surface area contributed by atoms with Crippen molar-refractivity contribution in [3.63, 3.8) is 0 Å². The van der Waals surface area contributed by atoms with Crippen molar-refractivity contribution in [2.75, 3.05) is 26.2 Å². The van der Waals surface area contributed by atoms with Crippen LogP contribution in [0.3, 0.4) is 0 Å². The van der Waals surface area contributed by atoms with E-state index in [9.17, 15) is 0 Å². The maximum atomic E-state index is 3.62. The number of rotatable bonds is 5. The molecule has 1 aliphatic heterocycles. The van der Waals surface area contributed by atoms with Crippen molar-refractivity contribution in [3.8, 4) is 0 Å². The molecule has 0 aromatic heterocycles. The smallest absolute Gasteiger partial charge is 0.0195 e. The number of hydrogen-bond acceptors (Lipinski definition) is 2. The Bertz CT molecular complexity index is 227. The summed E-state index contributed by atoms with van der Waals surface area (Å²) in [6, 6.07) is 0.758. The number of hydrogen-bond donors (Lipinski definition) is 1. The van der Waals surface area contributed by atoms with Crippen LogP contribution < -0.4 is 5.32 Å². The number of nitrogens with one attached hydrogen (secondary N) is 1. The first-order chi connectivity index (χ1) is 8.78. The van der Waals surface area contributed by atoms with E-state index in [4.69, 9.17) is 0 Å². The number of likely N-dealkylation sites (tertiary alicyclic amines) is 1. The molecule has 0 radical (unpaired) electrons. The number of nitrogens with zero attached hydrogens (tertiary/aromatic N) is 1. The van der Waals surface area contributed by atoms with Crippen LogP contribution >= 0.6 is 0 Å². The monoisotopic (exact) mass is 252 g/mol. The lowest BCUT2D eigenvalue weighted by Gasteiger charge is -2.35. The second-order valence-electron chi connectivity index (χ2n) is 6.62. The quantitative estimate of drug-likeness (QED) is 0.808. The summed E-state index contributed by atoms with van der Waals surface area (Å²) in [4.78, 5) is 2.70. The molecule has 0 aromatic rings. The minimum Gasteiger partial charge on any atom is -0.313 e. The Kier molecular flexibility index (Phi) is 5.97. The summed E-state index contributed by atoms with van der Waals surface area (Å²) in [5, 5.41) is 3.62. The van der Waals surface area contributed by atoms with Gasteiger partial charge < -0.3 is 10.2 Å². The Labute approximate surface area is 114 Å². The second-order valence-corrected chi connectivity index (χ2v) is 6.62. The molecule has 0 aromatic carbocycles. The van der Waals surface area contributed by atoms with Crippen LogP contribution in [0.15, 0.2) is 0 Å². The van der Waals surface area contributed by atoms with Gasteiger partial charge in [-0.2, -0.15) is 0 Å². The van der Waals surface area contributed by atoms with Crippen molar-refractivity contribution in [1.82, 2.24) is 10.2 Å². The van der Waals surface area contributed by atoms with E-state index in [1.165, 1.54) is 64.6 Å². The van der Waals surface area contributed by atoms with Gasteiger partial charge in [-0.3, -0.25) is 0 Å². The third kappa shape index (κ3) is 4.55. The van der Waals surface area contributed by atoms with Crippen molar-refractivity contribution in [1.29, 1.82) is 0 Å². The van der Waals surface area contributed by atoms with Gasteiger partial charge in [-0.25, -0.2) is 0 Å². The molecular weight excluding hydrogens is 220 g/mol. The van der Waals surface area contributed by atoms with Gasteiger partial charge in [-0.05, 0) is 57.2 Å². The molecule has 2 nitrogen and oxygen atoms in total. The highest BCUT2D eigenvalue weighted by Crippen LogP contribution is 2.30. The predicted octanol–water partition coefficient (Wildman–Crippen LogP) is 3.28. The lowest BCUT2D eigenvalue weighted by molar-refractivity contribution is 0.166. The van der Waals surface area contributed by atoms with Gasteiger partial charge >= 0.3 is 0 Å². The van der Waals surface area contributed by atoms with Gasteiger partial charge in [0, 0.05) is 12.6 Å². The first kappa shape index (κ1) is 14.3. The molecule has 106 valence electrons. The highest BCUT2D eigenvalue weighted by molar-refractivity contribution is 4.79. The van der Waals surface area contributed by atoms with E-state index >= 15 is 0 Å². The fourth-order valence-electron chi connectivity index (χ4n) is 3.90. The first-order valence-electron chi connectivity index (χ1n) is 8.23. The zero-order chi connectivity index (χ0) is 12.8. The van der Waals surface area contributed by atoms with Crippen molar-refractivity contribution >= 4 is 0 Å². The van der Waals surface area contributed by atoms with E-state index in [1.807, 2.05) is 0 Å². The number of likely N-dealkylation sites (N-methyl/N-ethyl adjacent to an activating group) is 1. The van der Waals surface area contributed by atoms with Gasteiger partial charge in [-0.15, -0.1) is 0 Å². The Morgan fingerprint density at radius 3 is 2.83 bits per heavy atom. The molecule has 1 aliphatic carbocycles. The van der Waals surface area contributed by atoms with E-state index in [-0.39, 0.29) is 0 Å². The average molecular weight is 252 g/mol. The van der Waals surface area contributed by atoms with Crippen LogP contribution in [-0.4, -0.2) is 37.1 Å². The normalized spacial score (nSPS) is 34.7. The maximum absolute atomic E-state index is 3.62. The summed E-state index contributed by atoms with van der Waals surface area (Å²) in [7, 11) is 0. The fourth-order valence-corrected chi connectivity index (χ4v) is 3.90. The topological polar surface area (TPSA) is 15.3 Å². The van der Waals surface area contributed by atoms with E-state index in [0.29, 0.717) is 0 Å². The SMILES string of the molecule is CCNC1CCCN(CCC2CCCC(C)C2)C1. The zero-order valence-corrected chi connectivity index (χ0v) is 12.5. The minimum atomic E-state index is 0.758. The van der Waals surface area contributed by atoms with E-state index in [1.54, 1.807) is 0 Å². The van der Waals surface area contributed by atoms with Gasteiger partial charge in [0.1, 0.15) is 0 Å². The molecule has 2 rings (SSSR count). The Morgan fingerprint density at radius 1 is 1.17 bits per heavy atom. The van der Waals surface area contributed by atoms with Gasteiger partial charge in [0.15, 0.2) is 0 Å². The molecule has 0 amide bonds. The lowest BCUT2D eigenvalue weighted by Crippen LogP contribution is -2.46. The molecule has 18 heavy (non-hydrogen) atoms. The van der Waals surface area contributed by atoms with Crippen LogP contribution in [0, 0.1) is 11.8 Å². The van der Waals surface area contributed by atoms with Crippen LogP contribution in [0.4, 0.5) is 0 Å². The van der Waals surface area contributed by atoms with Crippen molar-refractivity contribution in [2.45, 2.75) is 64.8 Å². The average Bonchev–Trinajstić information content (AvgIpc) is 2.37. The Morgan fingerprint density at radius 2 is 2.06 bits per heavy atom. The molecule has 1 heterocycles. The van der Waals surface area contributed by atoms with Crippen molar-refractivity contribution in [3.05, 3.63) is 0 Å². The van der Waals surface area contributed by atoms with Crippen LogP contribution in [0.5, 0.6) is 0 Å². The van der Waals surface area contributed by atoms with Crippen molar-refractivity contribution < 1.29 is 0 Å². The summed E-state index contributed by atoms with van der Waals surface area (Å²) in [6.07, 6.45) is 10.2. The molecule has 2 heteroatoms. The van der Waals surface area contributed by atoms with Crippen LogP contribution in [0.2, 0.25) is 0 Å². The molecule has 2 fully saturated rings. The number of piperidine rings is 1. The summed E-state index contributed by atoms with van der Waals surface area (Å²) in [6.45, 7) is 9.76. The molecule has 1 N–H and O–H groups in total. The summed E-state index contributed by atoms with van der Waals surface area (Å²) < 4.78 is 0. The van der Waals surface area contributed by atoms with E-state index < -0.39 is 0 Å². The van der Waals surface area contributed by atoms with Gasteiger partial charge in [0.05, 0.1) is 0 Å². The molecule has 0 spiro atoms. The third-order valence-corrected chi connectivity index (χ3v) is 4.90. The van der Waals surface area contributed by atoms with E-state index in [0.717, 1.165) is 24.4 Å². The molecule has 2 aliphatic rings. The summed E-state index contributed by atoms with van der Waals surface area (Å²) in [5.41, 5.74) is 0. The van der Waals surface area contributed by atoms with E-state index in [2.05, 4.69) is 24.1 Å². The molecule has 1 saturated heterocycles. The fraction of sp³-hybridized carbons (Fsp3) is 1.00. The summed E-state index contributed by atoms with van der Waals surface area (Å²) in [5.74, 6) is 2.01. The predicted molar refractivity (Wildman–Crippen MR) is 78.9 cm³/mol. The standard InChI is InChI=1S/C16H32N2/c1-3-17-16-8-5-10-18(13-16)11-9-15-7-4-6-14(2)12-15/h14-17H,3-13H2,1-2H3. The van der Waals surface area contributed by atoms with Gasteiger partial charge in [0.25, 0.3) is 0 Å². The molecule has 0 bridgehead atoms. The van der Waals surface area contributed by atoms with Gasteiger partial charge in [0.2, 0.25) is 0 Å². The zero-order valence-electron chi connectivity index (χ0n) is 12.5. The molecular formula is C16H32N2. The minimum absolute atomic E-state index is 0.758. The largest absolute Gasteiger partial charge is 0.313 e. The maximum Gasteiger partial charge on any atom is 0.0195 e. The van der Waals surface area contributed by atoms with Crippen LogP contribution in [0.1, 0.15) is 58.8 Å².